The van der Waals surface area contributed by atoms with Crippen molar-refractivity contribution < 1.29 is 13.9 Å². The Morgan fingerprint density at radius 3 is 2.76 bits per heavy atom. The summed E-state index contributed by atoms with van der Waals surface area (Å²) in [6.45, 7) is 1.81. The van der Waals surface area contributed by atoms with E-state index < -0.39 is 0 Å². The van der Waals surface area contributed by atoms with Gasteiger partial charge in [0, 0.05) is 10.4 Å². The average Bonchev–Trinajstić information content (AvgIpc) is 2.90. The minimum absolute atomic E-state index is 0.0672. The van der Waals surface area contributed by atoms with Crippen LogP contribution in [0.2, 0.25) is 5.02 Å². The van der Waals surface area contributed by atoms with Gasteiger partial charge in [-0.3, -0.25) is 4.79 Å². The van der Waals surface area contributed by atoms with Gasteiger partial charge in [0.2, 0.25) is 5.78 Å². The van der Waals surface area contributed by atoms with Crippen LogP contribution in [0.5, 0.6) is 5.75 Å². The summed E-state index contributed by atoms with van der Waals surface area (Å²) in [4.78, 5) is 12.1. The first kappa shape index (κ1) is 13.7. The van der Waals surface area contributed by atoms with E-state index >= 15 is 0 Å². The molecule has 21 heavy (non-hydrogen) atoms. The van der Waals surface area contributed by atoms with E-state index in [2.05, 4.69) is 0 Å². The Kier molecular flexibility index (Phi) is 3.67. The van der Waals surface area contributed by atoms with Gasteiger partial charge >= 0.3 is 0 Å². The van der Waals surface area contributed by atoms with E-state index in [1.165, 1.54) is 0 Å². The maximum Gasteiger partial charge on any atom is 0.235 e. The number of benzene rings is 2. The maximum atomic E-state index is 12.1. The minimum atomic E-state index is -0.194. The Morgan fingerprint density at radius 2 is 2.00 bits per heavy atom. The quantitative estimate of drug-likeness (QED) is 0.658. The number of furan rings is 1. The van der Waals surface area contributed by atoms with Crippen LogP contribution in [0.1, 0.15) is 16.1 Å². The minimum Gasteiger partial charge on any atom is -0.485 e. The first-order valence-corrected chi connectivity index (χ1v) is 6.92. The summed E-state index contributed by atoms with van der Waals surface area (Å²) in [5.74, 6) is 0.757. The van der Waals surface area contributed by atoms with E-state index in [9.17, 15) is 4.79 Å². The molecular weight excluding hydrogens is 288 g/mol. The van der Waals surface area contributed by atoms with Crippen LogP contribution in [-0.4, -0.2) is 12.4 Å². The second-order valence-electron chi connectivity index (χ2n) is 4.77. The lowest BCUT2D eigenvalue weighted by Gasteiger charge is -2.07. The summed E-state index contributed by atoms with van der Waals surface area (Å²) < 4.78 is 11.1. The molecular formula is C17H13ClO3. The zero-order valence-corrected chi connectivity index (χ0v) is 12.2. The van der Waals surface area contributed by atoms with Crippen LogP contribution in [0, 0.1) is 6.92 Å². The molecule has 0 N–H and O–H groups in total. The van der Waals surface area contributed by atoms with Crippen molar-refractivity contribution in [1.29, 1.82) is 0 Å². The lowest BCUT2D eigenvalue weighted by molar-refractivity contribution is 0.0895. The monoisotopic (exact) mass is 300 g/mol. The van der Waals surface area contributed by atoms with Gasteiger partial charge in [0.05, 0.1) is 0 Å². The van der Waals surface area contributed by atoms with Crippen molar-refractivity contribution >= 4 is 28.4 Å². The van der Waals surface area contributed by atoms with Gasteiger partial charge in [-0.05, 0) is 42.8 Å². The summed E-state index contributed by atoms with van der Waals surface area (Å²) in [6, 6.07) is 14.5. The largest absolute Gasteiger partial charge is 0.485 e. The molecule has 0 unspecified atom stereocenters. The highest BCUT2D eigenvalue weighted by atomic mass is 35.5. The summed E-state index contributed by atoms with van der Waals surface area (Å²) in [5, 5.41) is 1.55. The van der Waals surface area contributed by atoms with Gasteiger partial charge in [-0.25, -0.2) is 0 Å². The second-order valence-corrected chi connectivity index (χ2v) is 5.21. The highest BCUT2D eigenvalue weighted by molar-refractivity contribution is 6.30. The SMILES string of the molecule is Cc1cc(Cl)ccc1OCC(=O)c1cc2ccccc2o1. The third-order valence-corrected chi connectivity index (χ3v) is 3.43. The molecule has 0 radical (unpaired) electrons. The molecule has 3 rings (SSSR count). The molecule has 0 spiro atoms. The fourth-order valence-electron chi connectivity index (χ4n) is 2.11. The summed E-state index contributed by atoms with van der Waals surface area (Å²) in [7, 11) is 0. The molecule has 0 aliphatic heterocycles. The molecule has 0 atom stereocenters. The number of fused-ring (bicyclic) bond motifs is 1. The number of rotatable bonds is 4. The van der Waals surface area contributed by atoms with Crippen molar-refractivity contribution in [2.24, 2.45) is 0 Å². The first-order chi connectivity index (χ1) is 10.1. The van der Waals surface area contributed by atoms with Gasteiger partial charge in [0.1, 0.15) is 11.3 Å². The number of hydrogen-bond donors (Lipinski definition) is 0. The molecule has 0 amide bonds. The van der Waals surface area contributed by atoms with Crippen LogP contribution in [0.3, 0.4) is 0 Å². The van der Waals surface area contributed by atoms with Crippen LogP contribution in [-0.2, 0) is 0 Å². The van der Waals surface area contributed by atoms with Gasteiger partial charge < -0.3 is 9.15 Å². The molecule has 0 bridgehead atoms. The van der Waals surface area contributed by atoms with Crippen LogP contribution < -0.4 is 4.74 Å². The summed E-state index contributed by atoms with van der Waals surface area (Å²) >= 11 is 5.88. The summed E-state index contributed by atoms with van der Waals surface area (Å²) in [5.41, 5.74) is 1.59. The van der Waals surface area contributed by atoms with E-state index in [4.69, 9.17) is 20.8 Å². The first-order valence-electron chi connectivity index (χ1n) is 6.54. The number of aryl methyl sites for hydroxylation is 1. The van der Waals surface area contributed by atoms with E-state index in [0.717, 1.165) is 10.9 Å². The Labute approximate surface area is 127 Å². The van der Waals surface area contributed by atoms with Crippen LogP contribution in [0.4, 0.5) is 0 Å². The van der Waals surface area contributed by atoms with Gasteiger partial charge in [0.25, 0.3) is 0 Å². The Morgan fingerprint density at radius 1 is 1.19 bits per heavy atom. The fraction of sp³-hybridized carbons (Fsp3) is 0.118. The molecule has 1 heterocycles. The lowest BCUT2D eigenvalue weighted by atomic mass is 10.2. The van der Waals surface area contributed by atoms with Crippen molar-refractivity contribution in [2.75, 3.05) is 6.61 Å². The molecule has 3 aromatic rings. The van der Waals surface area contributed by atoms with Crippen LogP contribution in [0.25, 0.3) is 11.0 Å². The number of ketones is 1. The third-order valence-electron chi connectivity index (χ3n) is 3.20. The Bertz CT molecular complexity index is 772. The van der Waals surface area contributed by atoms with Crippen molar-refractivity contribution in [1.82, 2.24) is 0 Å². The average molecular weight is 301 g/mol. The molecule has 0 fully saturated rings. The molecule has 4 heteroatoms. The molecule has 2 aromatic carbocycles. The van der Waals surface area contributed by atoms with Gasteiger partial charge in [0.15, 0.2) is 12.4 Å². The Hall–Kier alpha value is -2.26. The van der Waals surface area contributed by atoms with Crippen molar-refractivity contribution in [2.45, 2.75) is 6.92 Å². The van der Waals surface area contributed by atoms with Crippen LogP contribution in [0.15, 0.2) is 52.9 Å². The molecule has 0 saturated carbocycles. The summed E-state index contributed by atoms with van der Waals surface area (Å²) in [6.07, 6.45) is 0. The number of para-hydroxylation sites is 1. The fourth-order valence-corrected chi connectivity index (χ4v) is 2.34. The predicted molar refractivity (Wildman–Crippen MR) is 82.2 cm³/mol. The second kappa shape index (κ2) is 5.62. The number of halogens is 1. The molecule has 1 aromatic heterocycles. The normalized spacial score (nSPS) is 10.8. The maximum absolute atomic E-state index is 12.1. The van der Waals surface area contributed by atoms with Crippen LogP contribution >= 0.6 is 11.6 Å². The van der Waals surface area contributed by atoms with Gasteiger partial charge in [-0.1, -0.05) is 29.8 Å². The van der Waals surface area contributed by atoms with E-state index in [0.29, 0.717) is 22.1 Å². The van der Waals surface area contributed by atoms with Crippen molar-refractivity contribution in [3.63, 3.8) is 0 Å². The highest BCUT2D eigenvalue weighted by Gasteiger charge is 2.13. The number of carbonyl (C=O) groups excluding carboxylic acids is 1. The smallest absolute Gasteiger partial charge is 0.235 e. The van der Waals surface area contributed by atoms with E-state index in [-0.39, 0.29) is 12.4 Å². The number of hydrogen-bond acceptors (Lipinski definition) is 3. The molecule has 106 valence electrons. The van der Waals surface area contributed by atoms with Crippen molar-refractivity contribution in [3.05, 3.63) is 64.9 Å². The van der Waals surface area contributed by atoms with Crippen molar-refractivity contribution in [3.8, 4) is 5.75 Å². The zero-order chi connectivity index (χ0) is 14.8. The molecule has 0 saturated heterocycles. The van der Waals surface area contributed by atoms with E-state index in [1.807, 2.05) is 31.2 Å². The molecule has 0 aliphatic rings. The molecule has 0 aliphatic carbocycles. The Balaban J connectivity index is 1.74. The number of carbonyl (C=O) groups is 1. The highest BCUT2D eigenvalue weighted by Crippen LogP contribution is 2.23. The third kappa shape index (κ3) is 2.93. The standard InChI is InChI=1S/C17H13ClO3/c1-11-8-13(18)6-7-15(11)20-10-14(19)17-9-12-4-2-3-5-16(12)21-17/h2-9H,10H2,1H3. The predicted octanol–water partition coefficient (Wildman–Crippen LogP) is 4.66. The zero-order valence-electron chi connectivity index (χ0n) is 11.4. The lowest BCUT2D eigenvalue weighted by Crippen LogP contribution is -2.11. The number of Topliss-reactive ketones (excluding diaryl/α,β-unsaturated/α-hetero) is 1. The molecule has 3 nitrogen and oxygen atoms in total. The van der Waals surface area contributed by atoms with Gasteiger partial charge in [-0.15, -0.1) is 0 Å². The topological polar surface area (TPSA) is 39.4 Å². The number of ether oxygens (including phenoxy) is 1. The van der Waals surface area contributed by atoms with E-state index in [1.54, 1.807) is 24.3 Å². The van der Waals surface area contributed by atoms with Gasteiger partial charge in [-0.2, -0.15) is 0 Å².